The fraction of sp³-hybridized carbons (Fsp3) is 0.304. The zero-order valence-electron chi connectivity index (χ0n) is 17.9. The predicted molar refractivity (Wildman–Crippen MR) is 118 cm³/mol. The van der Waals surface area contributed by atoms with Gasteiger partial charge in [-0.15, -0.1) is 4.65 Å². The van der Waals surface area contributed by atoms with Gasteiger partial charge in [0.05, 0.1) is 28.0 Å². The first-order valence-corrected chi connectivity index (χ1v) is 10.8. The molecule has 0 radical (unpaired) electrons. The number of aryl methyl sites for hydroxylation is 1. The van der Waals surface area contributed by atoms with Gasteiger partial charge in [-0.2, -0.15) is 5.10 Å². The molecule has 2 aromatic carbocycles. The van der Waals surface area contributed by atoms with E-state index >= 15 is 0 Å². The van der Waals surface area contributed by atoms with E-state index < -0.39 is 17.5 Å². The Kier molecular flexibility index (Phi) is 6.17. The summed E-state index contributed by atoms with van der Waals surface area (Å²) in [6.07, 6.45) is 4.88. The molecule has 0 atom stereocenters. The van der Waals surface area contributed by atoms with Crippen molar-refractivity contribution in [1.29, 1.82) is 0 Å². The van der Waals surface area contributed by atoms with Crippen LogP contribution in [0.4, 0.5) is 14.5 Å². The second kappa shape index (κ2) is 8.88. The van der Waals surface area contributed by atoms with Crippen molar-refractivity contribution in [2.45, 2.75) is 19.3 Å². The standard InChI is InChI=1S/C23H23ClF2N4O2/c1-29-22(19(24)14-27-29)18-13-16(28-23(31)17-8-6-15(25)12-20(17)26)7-9-21(18)32-30(2)10-4-3-5-11-30/h6-9,12-14H,3-5,10-11H2,1-2H3/p+1. The van der Waals surface area contributed by atoms with E-state index in [2.05, 4.69) is 10.4 Å². The molecule has 1 saturated heterocycles. The number of aromatic nitrogens is 2. The van der Waals surface area contributed by atoms with Gasteiger partial charge in [-0.3, -0.25) is 9.48 Å². The van der Waals surface area contributed by atoms with Gasteiger partial charge in [0, 0.05) is 31.6 Å². The largest absolute Gasteiger partial charge is 0.322 e. The number of quaternary nitrogens is 1. The van der Waals surface area contributed by atoms with E-state index in [9.17, 15) is 13.6 Å². The molecule has 0 spiro atoms. The molecule has 0 unspecified atom stereocenters. The Bertz CT molecular complexity index is 1140. The molecule has 1 amide bonds. The highest BCUT2D eigenvalue weighted by Gasteiger charge is 2.30. The summed E-state index contributed by atoms with van der Waals surface area (Å²) in [5.74, 6) is -1.76. The number of amides is 1. The fourth-order valence-corrected chi connectivity index (χ4v) is 4.24. The molecule has 6 nitrogen and oxygen atoms in total. The van der Waals surface area contributed by atoms with Crippen molar-refractivity contribution in [3.05, 3.63) is 64.8 Å². The van der Waals surface area contributed by atoms with E-state index in [0.717, 1.165) is 38.1 Å². The molecule has 9 heteroatoms. The highest BCUT2D eigenvalue weighted by atomic mass is 35.5. The monoisotopic (exact) mass is 461 g/mol. The van der Waals surface area contributed by atoms with E-state index in [1.165, 1.54) is 12.6 Å². The summed E-state index contributed by atoms with van der Waals surface area (Å²) in [4.78, 5) is 19.0. The van der Waals surface area contributed by atoms with E-state index in [4.69, 9.17) is 16.4 Å². The minimum atomic E-state index is -0.931. The Morgan fingerprint density at radius 3 is 2.56 bits per heavy atom. The SMILES string of the molecule is Cn1ncc(Cl)c1-c1cc(NC(=O)c2ccc(F)cc2F)ccc1O[N+]1(C)CCCCC1. The number of hydrogen-bond donors (Lipinski definition) is 1. The maximum Gasteiger partial charge on any atom is 0.258 e. The summed E-state index contributed by atoms with van der Waals surface area (Å²) < 4.78 is 29.3. The van der Waals surface area contributed by atoms with Crippen LogP contribution in [-0.4, -0.2) is 40.5 Å². The normalized spacial score (nSPS) is 15.4. The molecule has 0 aliphatic carbocycles. The number of hydrogen-bond acceptors (Lipinski definition) is 3. The lowest BCUT2D eigenvalue weighted by molar-refractivity contribution is -1.07. The summed E-state index contributed by atoms with van der Waals surface area (Å²) in [6.45, 7) is 1.78. The van der Waals surface area contributed by atoms with Crippen LogP contribution in [0.25, 0.3) is 11.3 Å². The molecule has 3 aromatic rings. The Morgan fingerprint density at radius 1 is 1.16 bits per heavy atom. The van der Waals surface area contributed by atoms with Crippen LogP contribution in [0.3, 0.4) is 0 Å². The zero-order chi connectivity index (χ0) is 22.9. The number of halogens is 3. The maximum absolute atomic E-state index is 14.0. The number of likely N-dealkylation sites (tertiary alicyclic amines) is 1. The lowest BCUT2D eigenvalue weighted by atomic mass is 10.1. The van der Waals surface area contributed by atoms with Crippen LogP contribution in [-0.2, 0) is 7.05 Å². The highest BCUT2D eigenvalue weighted by Crippen LogP contribution is 2.38. The molecule has 0 bridgehead atoms. The first kappa shape index (κ1) is 22.2. The minimum Gasteiger partial charge on any atom is -0.322 e. The average Bonchev–Trinajstić information content (AvgIpc) is 3.07. The number of carbonyl (C=O) groups excluding carboxylic acids is 1. The summed E-state index contributed by atoms with van der Waals surface area (Å²) in [5.41, 5.74) is 1.45. The van der Waals surface area contributed by atoms with E-state index in [0.29, 0.717) is 38.4 Å². The van der Waals surface area contributed by atoms with Gasteiger partial charge < -0.3 is 10.2 Å². The van der Waals surface area contributed by atoms with Crippen LogP contribution in [0.2, 0.25) is 5.02 Å². The lowest BCUT2D eigenvalue weighted by Gasteiger charge is -2.35. The van der Waals surface area contributed by atoms with Crippen molar-refractivity contribution in [2.75, 3.05) is 25.5 Å². The van der Waals surface area contributed by atoms with Gasteiger partial charge in [-0.1, -0.05) is 11.6 Å². The molecule has 1 aliphatic heterocycles. The first-order valence-electron chi connectivity index (χ1n) is 10.4. The summed E-state index contributed by atoms with van der Waals surface area (Å²) in [5, 5.41) is 7.31. The molecule has 1 aliphatic rings. The molecular weight excluding hydrogens is 438 g/mol. The van der Waals surface area contributed by atoms with Crippen LogP contribution in [0.5, 0.6) is 5.75 Å². The van der Waals surface area contributed by atoms with Gasteiger partial charge >= 0.3 is 0 Å². The van der Waals surface area contributed by atoms with Crippen molar-refractivity contribution in [1.82, 2.24) is 9.78 Å². The summed E-state index contributed by atoms with van der Waals surface area (Å²) in [7, 11) is 3.81. The Hall–Kier alpha value is -2.97. The van der Waals surface area contributed by atoms with Crippen molar-refractivity contribution in [3.8, 4) is 17.0 Å². The minimum absolute atomic E-state index is 0.252. The van der Waals surface area contributed by atoms with Crippen LogP contribution in [0.15, 0.2) is 42.6 Å². The average molecular weight is 462 g/mol. The molecule has 168 valence electrons. The predicted octanol–water partition coefficient (Wildman–Crippen LogP) is 5.20. The first-order chi connectivity index (χ1) is 15.3. The van der Waals surface area contributed by atoms with Crippen LogP contribution in [0, 0.1) is 11.6 Å². The van der Waals surface area contributed by atoms with Gasteiger partial charge in [0.15, 0.2) is 5.75 Å². The Balaban J connectivity index is 1.69. The van der Waals surface area contributed by atoms with E-state index in [1.807, 2.05) is 7.05 Å². The second-order valence-corrected chi connectivity index (χ2v) is 8.56. The number of hydroxylamine groups is 3. The summed E-state index contributed by atoms with van der Waals surface area (Å²) in [6, 6.07) is 7.98. The third-order valence-corrected chi connectivity index (χ3v) is 5.92. The smallest absolute Gasteiger partial charge is 0.258 e. The van der Waals surface area contributed by atoms with Gasteiger partial charge in [0.2, 0.25) is 0 Å². The van der Waals surface area contributed by atoms with E-state index in [-0.39, 0.29) is 5.56 Å². The van der Waals surface area contributed by atoms with Gasteiger partial charge in [-0.25, -0.2) is 8.78 Å². The van der Waals surface area contributed by atoms with Gasteiger partial charge in [0.25, 0.3) is 5.91 Å². The maximum atomic E-state index is 14.0. The number of anilines is 1. The fourth-order valence-electron chi connectivity index (χ4n) is 3.97. The number of benzene rings is 2. The van der Waals surface area contributed by atoms with Crippen molar-refractivity contribution < 1.29 is 23.1 Å². The van der Waals surface area contributed by atoms with Gasteiger partial charge in [-0.05, 0) is 36.8 Å². The molecule has 4 rings (SSSR count). The lowest BCUT2D eigenvalue weighted by Crippen LogP contribution is -2.50. The quantitative estimate of drug-likeness (QED) is 0.532. The third-order valence-electron chi connectivity index (χ3n) is 5.64. The van der Waals surface area contributed by atoms with Crippen molar-refractivity contribution >= 4 is 23.2 Å². The molecule has 1 aromatic heterocycles. The van der Waals surface area contributed by atoms with E-state index in [1.54, 1.807) is 29.9 Å². The number of piperidine rings is 1. The zero-order valence-corrected chi connectivity index (χ0v) is 18.6. The second-order valence-electron chi connectivity index (χ2n) is 8.15. The number of nitrogens with one attached hydrogen (secondary N) is 1. The number of nitrogens with zero attached hydrogens (tertiary/aromatic N) is 3. The van der Waals surface area contributed by atoms with Crippen molar-refractivity contribution in [3.63, 3.8) is 0 Å². The molecule has 0 saturated carbocycles. The van der Waals surface area contributed by atoms with Crippen LogP contribution < -0.4 is 10.2 Å². The Labute approximate surface area is 189 Å². The summed E-state index contributed by atoms with van der Waals surface area (Å²) >= 11 is 6.40. The van der Waals surface area contributed by atoms with Crippen LogP contribution >= 0.6 is 11.6 Å². The molecule has 32 heavy (non-hydrogen) atoms. The number of carbonyl (C=O) groups is 1. The number of rotatable bonds is 5. The highest BCUT2D eigenvalue weighted by molar-refractivity contribution is 6.33. The van der Waals surface area contributed by atoms with Gasteiger partial charge in [0.1, 0.15) is 31.8 Å². The van der Waals surface area contributed by atoms with Crippen molar-refractivity contribution in [2.24, 2.45) is 7.05 Å². The van der Waals surface area contributed by atoms with Crippen LogP contribution in [0.1, 0.15) is 29.6 Å². The third kappa shape index (κ3) is 4.61. The molecule has 2 heterocycles. The molecule has 1 N–H and O–H groups in total. The molecular formula is C23H24ClF2N4O2+. The Morgan fingerprint density at radius 2 is 1.91 bits per heavy atom. The topological polar surface area (TPSA) is 56.2 Å². The molecule has 1 fully saturated rings.